The van der Waals surface area contributed by atoms with E-state index in [0.717, 1.165) is 32.4 Å². The Hall–Kier alpha value is -1.65. The number of halogens is 1. The predicted molar refractivity (Wildman–Crippen MR) is 81.7 cm³/mol. The van der Waals surface area contributed by atoms with Gasteiger partial charge in [-0.05, 0) is 41.3 Å². The number of rotatable bonds is 2. The lowest BCUT2D eigenvalue weighted by atomic mass is 9.98. The van der Waals surface area contributed by atoms with E-state index in [2.05, 4.69) is 21.2 Å². The first-order valence-corrected chi connectivity index (χ1v) is 7.20. The van der Waals surface area contributed by atoms with Crippen LogP contribution >= 0.6 is 15.9 Å². The molecule has 2 aromatic carbocycles. The Morgan fingerprint density at radius 2 is 1.90 bits per heavy atom. The lowest BCUT2D eigenvalue weighted by Gasteiger charge is -2.14. The maximum absolute atomic E-state index is 11.4. The maximum Gasteiger partial charge on any atom is 0.228 e. The number of hydrogen-bond acceptors (Lipinski definition) is 2. The van der Waals surface area contributed by atoms with Crippen molar-refractivity contribution in [3.05, 3.63) is 63.1 Å². The molecule has 0 saturated carbocycles. The van der Waals surface area contributed by atoms with E-state index in [1.54, 1.807) is 0 Å². The van der Waals surface area contributed by atoms with Crippen molar-refractivity contribution >= 4 is 27.5 Å². The van der Waals surface area contributed by atoms with Gasteiger partial charge in [-0.15, -0.1) is 0 Å². The summed E-state index contributed by atoms with van der Waals surface area (Å²) in [7, 11) is 0. The van der Waals surface area contributed by atoms with Crippen LogP contribution in [-0.4, -0.2) is 11.0 Å². The van der Waals surface area contributed by atoms with Crippen LogP contribution in [0.1, 0.15) is 28.4 Å². The average molecular weight is 332 g/mol. The Morgan fingerprint density at radius 1 is 1.20 bits per heavy atom. The Labute approximate surface area is 125 Å². The van der Waals surface area contributed by atoms with E-state index in [9.17, 15) is 9.90 Å². The van der Waals surface area contributed by atoms with E-state index >= 15 is 0 Å². The number of anilines is 1. The molecule has 0 aromatic heterocycles. The van der Waals surface area contributed by atoms with Crippen molar-refractivity contribution < 1.29 is 9.90 Å². The smallest absolute Gasteiger partial charge is 0.228 e. The summed E-state index contributed by atoms with van der Waals surface area (Å²) in [6.07, 6.45) is -0.305. The zero-order valence-electron chi connectivity index (χ0n) is 11.0. The summed E-state index contributed by atoms with van der Waals surface area (Å²) in [5.41, 5.74) is 4.55. The molecule has 1 aliphatic rings. The molecule has 0 aliphatic carbocycles. The molecule has 2 aromatic rings. The molecule has 1 amide bonds. The third-order valence-corrected chi connectivity index (χ3v) is 4.44. The van der Waals surface area contributed by atoms with Gasteiger partial charge >= 0.3 is 0 Å². The summed E-state index contributed by atoms with van der Waals surface area (Å²) in [5.74, 6) is 0.00437. The summed E-state index contributed by atoms with van der Waals surface area (Å²) in [6.45, 7) is 2.01. The highest BCUT2D eigenvalue weighted by atomic mass is 79.9. The van der Waals surface area contributed by atoms with E-state index < -0.39 is 6.10 Å². The van der Waals surface area contributed by atoms with Gasteiger partial charge in [0.25, 0.3) is 0 Å². The fourth-order valence-corrected chi connectivity index (χ4v) is 2.79. The maximum atomic E-state index is 11.4. The normalized spacial score (nSPS) is 14.8. The summed E-state index contributed by atoms with van der Waals surface area (Å²) in [6, 6.07) is 11.4. The molecule has 2 N–H and O–H groups in total. The lowest BCUT2D eigenvalue weighted by molar-refractivity contribution is -0.115. The zero-order valence-corrected chi connectivity index (χ0v) is 12.6. The number of aliphatic hydroxyl groups excluding tert-OH is 1. The average Bonchev–Trinajstić information content (AvgIpc) is 2.80. The van der Waals surface area contributed by atoms with Crippen LogP contribution in [0.4, 0.5) is 5.69 Å². The van der Waals surface area contributed by atoms with Gasteiger partial charge in [0.05, 0.1) is 6.42 Å². The third-order valence-electron chi connectivity index (χ3n) is 3.58. The van der Waals surface area contributed by atoms with Crippen molar-refractivity contribution in [2.24, 2.45) is 0 Å². The highest BCUT2D eigenvalue weighted by Crippen LogP contribution is 2.30. The van der Waals surface area contributed by atoms with Gasteiger partial charge in [-0.1, -0.05) is 40.2 Å². The van der Waals surface area contributed by atoms with E-state index in [-0.39, 0.29) is 5.91 Å². The Morgan fingerprint density at radius 3 is 2.65 bits per heavy atom. The number of carbonyl (C=O) groups is 1. The fourth-order valence-electron chi connectivity index (χ4n) is 2.39. The predicted octanol–water partition coefficient (Wildman–Crippen LogP) is 3.33. The van der Waals surface area contributed by atoms with E-state index in [0.29, 0.717) is 6.42 Å². The largest absolute Gasteiger partial charge is 0.384 e. The van der Waals surface area contributed by atoms with E-state index in [1.807, 2.05) is 43.3 Å². The molecule has 1 heterocycles. The summed E-state index contributed by atoms with van der Waals surface area (Å²) >= 11 is 3.48. The molecular formula is C16H14BrNO2. The van der Waals surface area contributed by atoms with Crippen LogP contribution in [-0.2, 0) is 11.2 Å². The molecule has 1 unspecified atom stereocenters. The van der Waals surface area contributed by atoms with Gasteiger partial charge in [-0.3, -0.25) is 4.79 Å². The standard InChI is InChI=1S/C16H14BrNO2/c1-9-2-3-11(7-13(9)17)16(20)10-4-5-14-12(6-10)8-15(19)18-14/h2-7,16,20H,8H2,1H3,(H,18,19). The molecule has 1 atom stereocenters. The van der Waals surface area contributed by atoms with E-state index in [1.165, 1.54) is 0 Å². The minimum Gasteiger partial charge on any atom is -0.384 e. The van der Waals surface area contributed by atoms with Gasteiger partial charge in [0.15, 0.2) is 0 Å². The first kappa shape index (κ1) is 13.3. The Balaban J connectivity index is 1.94. The van der Waals surface area contributed by atoms with Crippen LogP contribution in [0.25, 0.3) is 0 Å². The second-order valence-corrected chi connectivity index (χ2v) is 5.91. The number of benzene rings is 2. The number of nitrogens with one attached hydrogen (secondary N) is 1. The molecular weight excluding hydrogens is 318 g/mol. The van der Waals surface area contributed by atoms with Crippen molar-refractivity contribution in [3.63, 3.8) is 0 Å². The molecule has 0 bridgehead atoms. The first-order valence-electron chi connectivity index (χ1n) is 6.41. The van der Waals surface area contributed by atoms with Crippen LogP contribution in [0.5, 0.6) is 0 Å². The SMILES string of the molecule is Cc1ccc(C(O)c2ccc3c(c2)CC(=O)N3)cc1Br. The minimum atomic E-state index is -0.687. The number of fused-ring (bicyclic) bond motifs is 1. The molecule has 102 valence electrons. The number of aryl methyl sites for hydroxylation is 1. The van der Waals surface area contributed by atoms with Crippen LogP contribution in [0, 0.1) is 6.92 Å². The highest BCUT2D eigenvalue weighted by Gasteiger charge is 2.20. The second kappa shape index (κ2) is 5.04. The minimum absolute atomic E-state index is 0.00437. The first-order chi connectivity index (χ1) is 9.54. The lowest BCUT2D eigenvalue weighted by Crippen LogP contribution is -2.03. The molecule has 0 spiro atoms. The van der Waals surface area contributed by atoms with Gasteiger partial charge in [0.2, 0.25) is 5.91 Å². The number of hydrogen-bond donors (Lipinski definition) is 2. The van der Waals surface area contributed by atoms with Gasteiger partial charge < -0.3 is 10.4 Å². The molecule has 3 nitrogen and oxygen atoms in total. The number of amides is 1. The van der Waals surface area contributed by atoms with Crippen molar-refractivity contribution in [2.75, 3.05) is 5.32 Å². The van der Waals surface area contributed by atoms with Gasteiger partial charge in [-0.25, -0.2) is 0 Å². The zero-order chi connectivity index (χ0) is 14.3. The van der Waals surface area contributed by atoms with Crippen LogP contribution in [0.15, 0.2) is 40.9 Å². The topological polar surface area (TPSA) is 49.3 Å². The van der Waals surface area contributed by atoms with E-state index in [4.69, 9.17) is 0 Å². The van der Waals surface area contributed by atoms with Crippen LogP contribution in [0.2, 0.25) is 0 Å². The van der Waals surface area contributed by atoms with Crippen molar-refractivity contribution in [1.29, 1.82) is 0 Å². The Kier molecular flexibility index (Phi) is 3.36. The number of carbonyl (C=O) groups excluding carboxylic acids is 1. The van der Waals surface area contributed by atoms with Crippen molar-refractivity contribution in [1.82, 2.24) is 0 Å². The highest BCUT2D eigenvalue weighted by molar-refractivity contribution is 9.10. The quantitative estimate of drug-likeness (QED) is 0.886. The van der Waals surface area contributed by atoms with Crippen LogP contribution in [0.3, 0.4) is 0 Å². The summed E-state index contributed by atoms with van der Waals surface area (Å²) in [4.78, 5) is 11.4. The number of aliphatic hydroxyl groups is 1. The van der Waals surface area contributed by atoms with Gasteiger partial charge in [-0.2, -0.15) is 0 Å². The summed E-state index contributed by atoms with van der Waals surface area (Å²) < 4.78 is 0.979. The van der Waals surface area contributed by atoms with Gasteiger partial charge in [0, 0.05) is 10.2 Å². The molecule has 20 heavy (non-hydrogen) atoms. The third kappa shape index (κ3) is 2.37. The van der Waals surface area contributed by atoms with Crippen molar-refractivity contribution in [2.45, 2.75) is 19.4 Å². The molecule has 0 fully saturated rings. The molecule has 1 aliphatic heterocycles. The summed E-state index contributed by atoms with van der Waals surface area (Å²) in [5, 5.41) is 13.3. The Bertz CT molecular complexity index is 697. The van der Waals surface area contributed by atoms with Gasteiger partial charge in [0.1, 0.15) is 6.10 Å². The molecule has 4 heteroatoms. The molecule has 0 radical (unpaired) electrons. The van der Waals surface area contributed by atoms with Crippen LogP contribution < -0.4 is 5.32 Å². The second-order valence-electron chi connectivity index (χ2n) is 5.05. The molecule has 0 saturated heterocycles. The van der Waals surface area contributed by atoms with Crippen molar-refractivity contribution in [3.8, 4) is 0 Å². The monoisotopic (exact) mass is 331 g/mol. The fraction of sp³-hybridized carbons (Fsp3) is 0.188. The molecule has 3 rings (SSSR count).